The van der Waals surface area contributed by atoms with Crippen molar-refractivity contribution in [2.75, 3.05) is 31.1 Å². The third-order valence-electron chi connectivity index (χ3n) is 5.03. The highest BCUT2D eigenvalue weighted by Gasteiger charge is 2.29. The normalized spacial score (nSPS) is 19.8. The van der Waals surface area contributed by atoms with Crippen molar-refractivity contribution in [1.29, 1.82) is 0 Å². The van der Waals surface area contributed by atoms with E-state index in [4.69, 9.17) is 4.74 Å². The van der Waals surface area contributed by atoms with Crippen molar-refractivity contribution in [2.24, 2.45) is 0 Å². The predicted octanol–water partition coefficient (Wildman–Crippen LogP) is 2.30. The van der Waals surface area contributed by atoms with Crippen LogP contribution in [0.5, 0.6) is 5.75 Å². The Bertz CT molecular complexity index is 746. The summed E-state index contributed by atoms with van der Waals surface area (Å²) < 4.78 is 6.24. The molecule has 0 aromatic carbocycles. The Labute approximate surface area is 153 Å². The minimum Gasteiger partial charge on any atom is -0.485 e. The summed E-state index contributed by atoms with van der Waals surface area (Å²) in [5, 5.41) is 0. The summed E-state index contributed by atoms with van der Waals surface area (Å²) in [6.07, 6.45) is 8.97. The van der Waals surface area contributed by atoms with E-state index in [1.165, 1.54) is 12.8 Å². The average Bonchev–Trinajstić information content (AvgIpc) is 3.35. The molecule has 0 N–H and O–H groups in total. The van der Waals surface area contributed by atoms with Gasteiger partial charge in [-0.2, -0.15) is 0 Å². The second-order valence-corrected chi connectivity index (χ2v) is 6.93. The fourth-order valence-electron chi connectivity index (χ4n) is 3.66. The number of ether oxygens (including phenoxy) is 1. The lowest BCUT2D eigenvalue weighted by Gasteiger charge is -2.22. The molecule has 0 aliphatic carbocycles. The standard InChI is InChI=1S/C20H24N4O2/c25-19(13-16-5-3-8-21-14-16)24-12-7-17(15-24)26-18-6-4-9-22-20(18)23-10-1-2-11-23/h3-6,8-9,14,17H,1-2,7,10-13,15H2/t17-/m0/s1. The van der Waals surface area contributed by atoms with Gasteiger partial charge in [0.2, 0.25) is 5.91 Å². The first-order chi connectivity index (χ1) is 12.8. The summed E-state index contributed by atoms with van der Waals surface area (Å²) in [4.78, 5) is 25.3. The molecule has 6 nitrogen and oxygen atoms in total. The zero-order valence-corrected chi connectivity index (χ0v) is 14.9. The number of likely N-dealkylation sites (tertiary alicyclic amines) is 1. The van der Waals surface area contributed by atoms with Crippen LogP contribution in [0.15, 0.2) is 42.9 Å². The summed E-state index contributed by atoms with van der Waals surface area (Å²) in [5.41, 5.74) is 0.949. The second kappa shape index (κ2) is 7.72. The van der Waals surface area contributed by atoms with Gasteiger partial charge in [-0.05, 0) is 36.6 Å². The monoisotopic (exact) mass is 352 g/mol. The minimum atomic E-state index is 0.0263. The molecule has 0 saturated carbocycles. The first-order valence-corrected chi connectivity index (χ1v) is 9.33. The van der Waals surface area contributed by atoms with Gasteiger partial charge in [-0.15, -0.1) is 0 Å². The topological polar surface area (TPSA) is 58.6 Å². The number of hydrogen-bond donors (Lipinski definition) is 0. The summed E-state index contributed by atoms with van der Waals surface area (Å²) >= 11 is 0. The highest BCUT2D eigenvalue weighted by Crippen LogP contribution is 2.30. The van der Waals surface area contributed by atoms with E-state index in [9.17, 15) is 4.79 Å². The maximum atomic E-state index is 12.5. The summed E-state index contributed by atoms with van der Waals surface area (Å²) in [6, 6.07) is 7.70. The van der Waals surface area contributed by atoms with E-state index in [0.717, 1.165) is 43.2 Å². The number of carbonyl (C=O) groups is 1. The molecule has 0 bridgehead atoms. The Morgan fingerprint density at radius 1 is 1.15 bits per heavy atom. The lowest BCUT2D eigenvalue weighted by atomic mass is 10.2. The van der Waals surface area contributed by atoms with E-state index in [0.29, 0.717) is 13.0 Å². The third kappa shape index (κ3) is 3.79. The van der Waals surface area contributed by atoms with E-state index in [2.05, 4.69) is 14.9 Å². The molecule has 0 unspecified atom stereocenters. The van der Waals surface area contributed by atoms with E-state index in [1.54, 1.807) is 12.4 Å². The van der Waals surface area contributed by atoms with Crippen LogP contribution in [-0.4, -0.2) is 53.1 Å². The Morgan fingerprint density at radius 2 is 2.00 bits per heavy atom. The number of hydrogen-bond acceptors (Lipinski definition) is 5. The van der Waals surface area contributed by atoms with Gasteiger partial charge in [0.25, 0.3) is 0 Å². The fraction of sp³-hybridized carbons (Fsp3) is 0.450. The molecule has 6 heteroatoms. The van der Waals surface area contributed by atoms with E-state index in [1.807, 2.05) is 35.4 Å². The Hall–Kier alpha value is -2.63. The largest absolute Gasteiger partial charge is 0.485 e. The zero-order valence-electron chi connectivity index (χ0n) is 14.9. The first kappa shape index (κ1) is 16.8. The smallest absolute Gasteiger partial charge is 0.227 e. The molecule has 136 valence electrons. The maximum Gasteiger partial charge on any atom is 0.227 e. The van der Waals surface area contributed by atoms with Crippen molar-refractivity contribution >= 4 is 11.7 Å². The van der Waals surface area contributed by atoms with Crippen molar-refractivity contribution in [3.63, 3.8) is 0 Å². The van der Waals surface area contributed by atoms with Gasteiger partial charge in [0.15, 0.2) is 11.6 Å². The molecule has 2 fully saturated rings. The number of rotatable bonds is 5. The lowest BCUT2D eigenvalue weighted by Crippen LogP contribution is -2.32. The molecule has 2 saturated heterocycles. The van der Waals surface area contributed by atoms with Crippen LogP contribution in [0.25, 0.3) is 0 Å². The van der Waals surface area contributed by atoms with Gasteiger partial charge < -0.3 is 14.5 Å². The van der Waals surface area contributed by atoms with Crippen molar-refractivity contribution in [3.8, 4) is 5.75 Å². The Kier molecular flexibility index (Phi) is 5.00. The van der Waals surface area contributed by atoms with E-state index in [-0.39, 0.29) is 12.0 Å². The number of pyridine rings is 2. The molecular formula is C20H24N4O2. The van der Waals surface area contributed by atoms with E-state index >= 15 is 0 Å². The first-order valence-electron chi connectivity index (χ1n) is 9.33. The van der Waals surface area contributed by atoms with Gasteiger partial charge in [-0.3, -0.25) is 9.78 Å². The minimum absolute atomic E-state index is 0.0263. The Balaban J connectivity index is 1.37. The van der Waals surface area contributed by atoms with Gasteiger partial charge >= 0.3 is 0 Å². The number of anilines is 1. The van der Waals surface area contributed by atoms with Crippen molar-refractivity contribution in [1.82, 2.24) is 14.9 Å². The van der Waals surface area contributed by atoms with Crippen LogP contribution in [-0.2, 0) is 11.2 Å². The molecule has 26 heavy (non-hydrogen) atoms. The molecule has 2 aliphatic rings. The molecule has 2 aliphatic heterocycles. The highest BCUT2D eigenvalue weighted by molar-refractivity contribution is 5.79. The van der Waals surface area contributed by atoms with Gasteiger partial charge in [0, 0.05) is 44.6 Å². The van der Waals surface area contributed by atoms with Crippen molar-refractivity contribution in [3.05, 3.63) is 48.4 Å². The van der Waals surface area contributed by atoms with Gasteiger partial charge in [-0.25, -0.2) is 4.98 Å². The number of aromatic nitrogens is 2. The molecule has 2 aromatic heterocycles. The van der Waals surface area contributed by atoms with Gasteiger partial charge in [0.05, 0.1) is 13.0 Å². The number of carbonyl (C=O) groups excluding carboxylic acids is 1. The van der Waals surface area contributed by atoms with Crippen LogP contribution < -0.4 is 9.64 Å². The molecule has 4 rings (SSSR count). The Morgan fingerprint density at radius 3 is 2.81 bits per heavy atom. The van der Waals surface area contributed by atoms with Crippen molar-refractivity contribution in [2.45, 2.75) is 31.8 Å². The van der Waals surface area contributed by atoms with Crippen LogP contribution in [0, 0.1) is 0 Å². The van der Waals surface area contributed by atoms with Crippen LogP contribution in [0.3, 0.4) is 0 Å². The van der Waals surface area contributed by atoms with Crippen LogP contribution in [0.1, 0.15) is 24.8 Å². The molecule has 1 atom stereocenters. The summed E-state index contributed by atoms with van der Waals surface area (Å²) in [7, 11) is 0. The summed E-state index contributed by atoms with van der Waals surface area (Å²) in [6.45, 7) is 3.44. The van der Waals surface area contributed by atoms with Crippen LogP contribution in [0.4, 0.5) is 5.82 Å². The number of amides is 1. The van der Waals surface area contributed by atoms with Crippen LogP contribution in [0.2, 0.25) is 0 Å². The van der Waals surface area contributed by atoms with E-state index < -0.39 is 0 Å². The fourth-order valence-corrected chi connectivity index (χ4v) is 3.66. The van der Waals surface area contributed by atoms with Crippen molar-refractivity contribution < 1.29 is 9.53 Å². The zero-order chi connectivity index (χ0) is 17.8. The highest BCUT2D eigenvalue weighted by atomic mass is 16.5. The van der Waals surface area contributed by atoms with Gasteiger partial charge in [-0.1, -0.05) is 6.07 Å². The second-order valence-electron chi connectivity index (χ2n) is 6.93. The van der Waals surface area contributed by atoms with Crippen LogP contribution >= 0.6 is 0 Å². The third-order valence-corrected chi connectivity index (χ3v) is 5.03. The molecule has 2 aromatic rings. The number of nitrogens with zero attached hydrogens (tertiary/aromatic N) is 4. The SMILES string of the molecule is O=C(Cc1cccnc1)N1CC[C@H](Oc2cccnc2N2CCCC2)C1. The molecule has 0 spiro atoms. The molecular weight excluding hydrogens is 328 g/mol. The molecule has 0 radical (unpaired) electrons. The molecule has 1 amide bonds. The summed E-state index contributed by atoms with van der Waals surface area (Å²) in [5.74, 6) is 1.90. The lowest BCUT2D eigenvalue weighted by molar-refractivity contribution is -0.129. The average molecular weight is 352 g/mol. The van der Waals surface area contributed by atoms with Gasteiger partial charge in [0.1, 0.15) is 6.10 Å². The molecule has 4 heterocycles. The maximum absolute atomic E-state index is 12.5. The quantitative estimate of drug-likeness (QED) is 0.826. The predicted molar refractivity (Wildman–Crippen MR) is 99.2 cm³/mol.